The highest BCUT2D eigenvalue weighted by Gasteiger charge is 2.17. The first-order valence-electron chi connectivity index (χ1n) is 6.11. The minimum absolute atomic E-state index is 0.278. The lowest BCUT2D eigenvalue weighted by atomic mass is 10.0. The van der Waals surface area contributed by atoms with Gasteiger partial charge in [0.2, 0.25) is 0 Å². The molecule has 0 aliphatic rings. The molecule has 1 atom stereocenters. The SMILES string of the molecule is COc1cccc(C(C)C(=O)Oc2ccccc2)c1. The van der Waals surface area contributed by atoms with E-state index in [2.05, 4.69) is 0 Å². The van der Waals surface area contributed by atoms with Crippen molar-refractivity contribution in [2.75, 3.05) is 7.11 Å². The van der Waals surface area contributed by atoms with Gasteiger partial charge in [-0.1, -0.05) is 30.3 Å². The van der Waals surface area contributed by atoms with E-state index in [1.807, 2.05) is 49.4 Å². The summed E-state index contributed by atoms with van der Waals surface area (Å²) >= 11 is 0. The molecule has 2 aromatic rings. The van der Waals surface area contributed by atoms with E-state index in [0.717, 1.165) is 11.3 Å². The van der Waals surface area contributed by atoms with Crippen molar-refractivity contribution >= 4 is 5.97 Å². The average Bonchev–Trinajstić information content (AvgIpc) is 2.47. The molecule has 1 unspecified atom stereocenters. The van der Waals surface area contributed by atoms with Gasteiger partial charge in [0.1, 0.15) is 11.5 Å². The number of benzene rings is 2. The summed E-state index contributed by atoms with van der Waals surface area (Å²) in [6.45, 7) is 1.82. The van der Waals surface area contributed by atoms with Gasteiger partial charge in [-0.2, -0.15) is 0 Å². The van der Waals surface area contributed by atoms with Crippen molar-refractivity contribution < 1.29 is 14.3 Å². The fourth-order valence-electron chi connectivity index (χ4n) is 1.74. The van der Waals surface area contributed by atoms with Crippen molar-refractivity contribution in [3.05, 3.63) is 60.2 Å². The third kappa shape index (κ3) is 3.35. The van der Waals surface area contributed by atoms with E-state index in [-0.39, 0.29) is 11.9 Å². The maximum absolute atomic E-state index is 12.0. The van der Waals surface area contributed by atoms with Crippen LogP contribution in [0, 0.1) is 0 Å². The molecule has 0 spiro atoms. The molecular weight excluding hydrogens is 240 g/mol. The molecular formula is C16H16O3. The van der Waals surface area contributed by atoms with Gasteiger partial charge in [-0.15, -0.1) is 0 Å². The van der Waals surface area contributed by atoms with E-state index in [1.54, 1.807) is 19.2 Å². The van der Waals surface area contributed by atoms with E-state index in [0.29, 0.717) is 5.75 Å². The number of carbonyl (C=O) groups excluding carboxylic acids is 1. The van der Waals surface area contributed by atoms with Crippen LogP contribution < -0.4 is 9.47 Å². The van der Waals surface area contributed by atoms with Crippen molar-refractivity contribution in [3.8, 4) is 11.5 Å². The van der Waals surface area contributed by atoms with Gasteiger partial charge >= 0.3 is 5.97 Å². The molecule has 2 rings (SSSR count). The Morgan fingerprint density at radius 1 is 1.00 bits per heavy atom. The summed E-state index contributed by atoms with van der Waals surface area (Å²) in [6.07, 6.45) is 0. The van der Waals surface area contributed by atoms with Gasteiger partial charge in [-0.05, 0) is 36.8 Å². The van der Waals surface area contributed by atoms with E-state index < -0.39 is 0 Å². The van der Waals surface area contributed by atoms with Crippen LogP contribution in [0.2, 0.25) is 0 Å². The Bertz CT molecular complexity index is 549. The van der Waals surface area contributed by atoms with Crippen LogP contribution in [0.4, 0.5) is 0 Å². The fraction of sp³-hybridized carbons (Fsp3) is 0.188. The third-order valence-electron chi connectivity index (χ3n) is 2.91. The minimum atomic E-state index is -0.338. The largest absolute Gasteiger partial charge is 0.497 e. The zero-order valence-corrected chi connectivity index (χ0v) is 11.0. The quantitative estimate of drug-likeness (QED) is 0.621. The Morgan fingerprint density at radius 3 is 2.37 bits per heavy atom. The zero-order chi connectivity index (χ0) is 13.7. The lowest BCUT2D eigenvalue weighted by Crippen LogP contribution is -2.16. The van der Waals surface area contributed by atoms with Crippen LogP contribution in [-0.2, 0) is 4.79 Å². The number of rotatable bonds is 4. The van der Waals surface area contributed by atoms with Crippen LogP contribution >= 0.6 is 0 Å². The normalized spacial score (nSPS) is 11.7. The van der Waals surface area contributed by atoms with Crippen LogP contribution in [0.15, 0.2) is 54.6 Å². The summed E-state index contributed by atoms with van der Waals surface area (Å²) in [5.74, 6) is 0.675. The highest BCUT2D eigenvalue weighted by Crippen LogP contribution is 2.22. The Hall–Kier alpha value is -2.29. The number of methoxy groups -OCH3 is 1. The number of ether oxygens (including phenoxy) is 2. The Kier molecular flexibility index (Phi) is 4.18. The first-order valence-corrected chi connectivity index (χ1v) is 6.11. The molecule has 0 bridgehead atoms. The summed E-state index contributed by atoms with van der Waals surface area (Å²) in [5, 5.41) is 0. The van der Waals surface area contributed by atoms with Crippen LogP contribution in [0.5, 0.6) is 11.5 Å². The van der Waals surface area contributed by atoms with Crippen molar-refractivity contribution in [2.24, 2.45) is 0 Å². The highest BCUT2D eigenvalue weighted by molar-refractivity contribution is 5.80. The number of hydrogen-bond acceptors (Lipinski definition) is 3. The maximum Gasteiger partial charge on any atom is 0.318 e. The van der Waals surface area contributed by atoms with Gasteiger partial charge in [0.25, 0.3) is 0 Å². The first-order chi connectivity index (χ1) is 9.20. The molecule has 98 valence electrons. The van der Waals surface area contributed by atoms with Crippen LogP contribution in [0.1, 0.15) is 18.4 Å². The smallest absolute Gasteiger partial charge is 0.318 e. The monoisotopic (exact) mass is 256 g/mol. The van der Waals surface area contributed by atoms with Gasteiger partial charge in [0.15, 0.2) is 0 Å². The highest BCUT2D eigenvalue weighted by atomic mass is 16.5. The lowest BCUT2D eigenvalue weighted by molar-refractivity contribution is -0.135. The Balaban J connectivity index is 2.10. The molecule has 0 saturated carbocycles. The van der Waals surface area contributed by atoms with E-state index in [4.69, 9.17) is 9.47 Å². The Morgan fingerprint density at radius 2 is 1.68 bits per heavy atom. The Labute approximate surface area is 112 Å². The van der Waals surface area contributed by atoms with E-state index >= 15 is 0 Å². The van der Waals surface area contributed by atoms with Crippen LogP contribution in [0.25, 0.3) is 0 Å². The second-order valence-corrected chi connectivity index (χ2v) is 4.23. The van der Waals surface area contributed by atoms with Gasteiger partial charge in [-0.3, -0.25) is 4.79 Å². The molecule has 0 aliphatic carbocycles. The number of carbonyl (C=O) groups is 1. The molecule has 3 heteroatoms. The molecule has 0 N–H and O–H groups in total. The van der Waals surface area contributed by atoms with Crippen LogP contribution in [-0.4, -0.2) is 13.1 Å². The number of esters is 1. The number of hydrogen-bond donors (Lipinski definition) is 0. The number of para-hydroxylation sites is 1. The second kappa shape index (κ2) is 6.05. The molecule has 0 amide bonds. The summed E-state index contributed by atoms with van der Waals surface area (Å²) < 4.78 is 10.5. The lowest BCUT2D eigenvalue weighted by Gasteiger charge is -2.12. The molecule has 0 radical (unpaired) electrons. The third-order valence-corrected chi connectivity index (χ3v) is 2.91. The molecule has 0 saturated heterocycles. The second-order valence-electron chi connectivity index (χ2n) is 4.23. The molecule has 0 heterocycles. The van der Waals surface area contributed by atoms with Gasteiger partial charge in [0, 0.05) is 0 Å². The van der Waals surface area contributed by atoms with Crippen molar-refractivity contribution in [1.29, 1.82) is 0 Å². The molecule has 19 heavy (non-hydrogen) atoms. The van der Waals surface area contributed by atoms with Crippen molar-refractivity contribution in [3.63, 3.8) is 0 Å². The topological polar surface area (TPSA) is 35.5 Å². The summed E-state index contributed by atoms with van der Waals surface area (Å²) in [4.78, 5) is 12.0. The predicted octanol–water partition coefficient (Wildman–Crippen LogP) is 3.40. The van der Waals surface area contributed by atoms with Crippen molar-refractivity contribution in [1.82, 2.24) is 0 Å². The molecule has 0 aliphatic heterocycles. The van der Waals surface area contributed by atoms with Gasteiger partial charge in [-0.25, -0.2) is 0 Å². The molecule has 0 aromatic heterocycles. The predicted molar refractivity (Wildman–Crippen MR) is 73.5 cm³/mol. The zero-order valence-electron chi connectivity index (χ0n) is 11.0. The van der Waals surface area contributed by atoms with Crippen LogP contribution in [0.3, 0.4) is 0 Å². The summed E-state index contributed by atoms with van der Waals surface area (Å²) in [5.41, 5.74) is 0.875. The minimum Gasteiger partial charge on any atom is -0.497 e. The van der Waals surface area contributed by atoms with Gasteiger partial charge in [0.05, 0.1) is 13.0 Å². The van der Waals surface area contributed by atoms with E-state index in [9.17, 15) is 4.79 Å². The summed E-state index contributed by atoms with van der Waals surface area (Å²) in [6, 6.07) is 16.5. The van der Waals surface area contributed by atoms with E-state index in [1.165, 1.54) is 0 Å². The molecule has 0 fully saturated rings. The fourth-order valence-corrected chi connectivity index (χ4v) is 1.74. The summed E-state index contributed by atoms with van der Waals surface area (Å²) in [7, 11) is 1.60. The van der Waals surface area contributed by atoms with Gasteiger partial charge < -0.3 is 9.47 Å². The standard InChI is InChI=1S/C16H16O3/c1-12(13-7-6-10-15(11-13)18-2)16(17)19-14-8-4-3-5-9-14/h3-12H,1-2H3. The van der Waals surface area contributed by atoms with Crippen molar-refractivity contribution in [2.45, 2.75) is 12.8 Å². The average molecular weight is 256 g/mol. The maximum atomic E-state index is 12.0. The molecule has 3 nitrogen and oxygen atoms in total. The molecule has 2 aromatic carbocycles. The first kappa shape index (κ1) is 13.1.